The van der Waals surface area contributed by atoms with Crippen LogP contribution in [0.2, 0.25) is 0 Å². The van der Waals surface area contributed by atoms with Crippen LogP contribution in [0.15, 0.2) is 70.0 Å². The van der Waals surface area contributed by atoms with E-state index in [1.807, 2.05) is 48.5 Å². The minimum Gasteiger partial charge on any atom is -0.408 e. The van der Waals surface area contributed by atoms with Gasteiger partial charge in [0.25, 0.3) is 0 Å². The molecule has 0 aliphatic heterocycles. The molecule has 1 aromatic heterocycles. The van der Waals surface area contributed by atoms with Crippen LogP contribution < -0.4 is 5.32 Å². The van der Waals surface area contributed by atoms with E-state index < -0.39 is 0 Å². The first-order chi connectivity index (χ1) is 12.8. The lowest BCUT2D eigenvalue weighted by Gasteiger charge is -2.01. The highest BCUT2D eigenvalue weighted by atomic mass is 32.2. The molecule has 5 nitrogen and oxygen atoms in total. The van der Waals surface area contributed by atoms with Gasteiger partial charge >= 0.3 is 6.01 Å². The summed E-state index contributed by atoms with van der Waals surface area (Å²) in [5.74, 6) is 2.36. The second kappa shape index (κ2) is 10.0. The second-order valence-electron chi connectivity index (χ2n) is 5.44. The first kappa shape index (κ1) is 18.5. The van der Waals surface area contributed by atoms with E-state index in [1.165, 1.54) is 10.5 Å². The van der Waals surface area contributed by atoms with Crippen molar-refractivity contribution in [2.45, 2.75) is 17.1 Å². The van der Waals surface area contributed by atoms with Gasteiger partial charge in [-0.3, -0.25) is 10.1 Å². The van der Waals surface area contributed by atoms with E-state index >= 15 is 0 Å². The van der Waals surface area contributed by atoms with E-state index in [4.69, 9.17) is 4.42 Å². The molecule has 0 aliphatic carbocycles. The summed E-state index contributed by atoms with van der Waals surface area (Å²) in [4.78, 5) is 13.2. The number of nitrogens with one attached hydrogen (secondary N) is 1. The Hall–Kier alpha value is -2.25. The van der Waals surface area contributed by atoms with Crippen LogP contribution in [-0.2, 0) is 17.0 Å². The van der Waals surface area contributed by atoms with Crippen molar-refractivity contribution in [3.8, 4) is 0 Å². The summed E-state index contributed by atoms with van der Waals surface area (Å²) in [6.07, 6.45) is 0.658. The number of nitrogens with zero attached hydrogens (tertiary/aromatic N) is 2. The third kappa shape index (κ3) is 6.24. The van der Waals surface area contributed by atoms with Crippen LogP contribution in [0.4, 0.5) is 6.01 Å². The summed E-state index contributed by atoms with van der Waals surface area (Å²) >= 11 is 3.28. The molecule has 0 atom stereocenters. The van der Waals surface area contributed by atoms with Crippen LogP contribution >= 0.6 is 23.5 Å². The van der Waals surface area contributed by atoms with Gasteiger partial charge in [0.05, 0.1) is 5.75 Å². The van der Waals surface area contributed by atoms with Crippen molar-refractivity contribution in [2.75, 3.05) is 16.8 Å². The third-order valence-electron chi connectivity index (χ3n) is 3.39. The lowest BCUT2D eigenvalue weighted by molar-refractivity contribution is -0.113. The van der Waals surface area contributed by atoms with Gasteiger partial charge in [-0.1, -0.05) is 53.6 Å². The minimum absolute atomic E-state index is 0.139. The van der Waals surface area contributed by atoms with E-state index in [2.05, 4.69) is 27.6 Å². The Morgan fingerprint density at radius 2 is 1.73 bits per heavy atom. The van der Waals surface area contributed by atoms with Crippen molar-refractivity contribution in [3.63, 3.8) is 0 Å². The van der Waals surface area contributed by atoms with E-state index in [0.29, 0.717) is 18.1 Å². The zero-order chi connectivity index (χ0) is 18.0. The fourth-order valence-electron chi connectivity index (χ4n) is 2.17. The Morgan fingerprint density at radius 1 is 1.00 bits per heavy atom. The Balaban J connectivity index is 1.36. The Labute approximate surface area is 161 Å². The number of aromatic nitrogens is 2. The van der Waals surface area contributed by atoms with Gasteiger partial charge in [-0.15, -0.1) is 28.6 Å². The lowest BCUT2D eigenvalue weighted by atomic mass is 10.2. The molecule has 0 unspecified atom stereocenters. The zero-order valence-electron chi connectivity index (χ0n) is 14.1. The molecule has 0 fully saturated rings. The number of rotatable bonds is 9. The molecule has 3 rings (SSSR count). The molecule has 0 saturated carbocycles. The fraction of sp³-hybridized carbons (Fsp3) is 0.211. The maximum Gasteiger partial charge on any atom is 0.322 e. The Morgan fingerprint density at radius 3 is 2.50 bits per heavy atom. The topological polar surface area (TPSA) is 68.0 Å². The van der Waals surface area contributed by atoms with Gasteiger partial charge in [-0.25, -0.2) is 0 Å². The second-order valence-corrected chi connectivity index (χ2v) is 7.59. The molecule has 0 aliphatic rings. The average molecular weight is 386 g/mol. The summed E-state index contributed by atoms with van der Waals surface area (Å²) in [6.45, 7) is 0. The van der Waals surface area contributed by atoms with Gasteiger partial charge in [0, 0.05) is 22.8 Å². The minimum atomic E-state index is -0.139. The molecule has 1 N–H and O–H groups in total. The summed E-state index contributed by atoms with van der Waals surface area (Å²) in [7, 11) is 0. The van der Waals surface area contributed by atoms with Crippen molar-refractivity contribution >= 4 is 35.4 Å². The first-order valence-electron chi connectivity index (χ1n) is 8.21. The largest absolute Gasteiger partial charge is 0.408 e. The number of benzene rings is 2. The van der Waals surface area contributed by atoms with Gasteiger partial charge < -0.3 is 4.42 Å². The van der Waals surface area contributed by atoms with Crippen molar-refractivity contribution in [1.82, 2.24) is 10.2 Å². The third-order valence-corrected chi connectivity index (χ3v) is 5.40. The van der Waals surface area contributed by atoms with Crippen molar-refractivity contribution < 1.29 is 9.21 Å². The van der Waals surface area contributed by atoms with Crippen LogP contribution in [-0.4, -0.2) is 27.6 Å². The standard InChI is InChI=1S/C19H19N3O2S2/c23-17(14-25-13-15-7-3-1-4-8-15)20-19-22-21-18(24-19)11-12-26-16-9-5-2-6-10-16/h1-10H,11-14H2,(H,20,22,23). The molecule has 0 saturated heterocycles. The number of anilines is 1. The maximum absolute atomic E-state index is 11.9. The number of carbonyl (C=O) groups is 1. The smallest absolute Gasteiger partial charge is 0.322 e. The van der Waals surface area contributed by atoms with E-state index in [0.717, 1.165) is 11.5 Å². The summed E-state index contributed by atoms with van der Waals surface area (Å²) in [5, 5.41) is 10.5. The number of aryl methyl sites for hydroxylation is 1. The van der Waals surface area contributed by atoms with Crippen LogP contribution in [0.3, 0.4) is 0 Å². The summed E-state index contributed by atoms with van der Waals surface area (Å²) < 4.78 is 5.48. The molecule has 26 heavy (non-hydrogen) atoms. The van der Waals surface area contributed by atoms with Crippen LogP contribution in [0, 0.1) is 0 Å². The zero-order valence-corrected chi connectivity index (χ0v) is 15.8. The molecule has 0 bridgehead atoms. The number of hydrogen-bond acceptors (Lipinski definition) is 6. The molecule has 0 spiro atoms. The van der Waals surface area contributed by atoms with Crippen molar-refractivity contribution in [1.29, 1.82) is 0 Å². The van der Waals surface area contributed by atoms with Gasteiger partial charge in [0.2, 0.25) is 11.8 Å². The van der Waals surface area contributed by atoms with Gasteiger partial charge in [0.1, 0.15) is 0 Å². The molecular formula is C19H19N3O2S2. The molecule has 2 aromatic carbocycles. The molecule has 1 amide bonds. The predicted molar refractivity (Wildman–Crippen MR) is 106 cm³/mol. The Bertz CT molecular complexity index is 810. The Kier molecular flexibility index (Phi) is 7.15. The van der Waals surface area contributed by atoms with Crippen LogP contribution in [0.5, 0.6) is 0 Å². The number of amides is 1. The highest BCUT2D eigenvalue weighted by Gasteiger charge is 2.10. The quantitative estimate of drug-likeness (QED) is 0.555. The lowest BCUT2D eigenvalue weighted by Crippen LogP contribution is -2.14. The highest BCUT2D eigenvalue weighted by Crippen LogP contribution is 2.19. The molecular weight excluding hydrogens is 366 g/mol. The predicted octanol–water partition coefficient (Wildman–Crippen LogP) is 4.28. The average Bonchev–Trinajstić information content (AvgIpc) is 3.10. The van der Waals surface area contributed by atoms with E-state index in [9.17, 15) is 4.79 Å². The van der Waals surface area contributed by atoms with Crippen molar-refractivity contribution in [3.05, 3.63) is 72.1 Å². The van der Waals surface area contributed by atoms with Gasteiger partial charge in [0.15, 0.2) is 0 Å². The number of thioether (sulfide) groups is 2. The van der Waals surface area contributed by atoms with Gasteiger partial charge in [-0.05, 0) is 17.7 Å². The maximum atomic E-state index is 11.9. The first-order valence-corrected chi connectivity index (χ1v) is 10.4. The van der Waals surface area contributed by atoms with Crippen LogP contribution in [0.1, 0.15) is 11.5 Å². The normalized spacial score (nSPS) is 10.6. The van der Waals surface area contributed by atoms with Crippen molar-refractivity contribution in [2.24, 2.45) is 0 Å². The number of hydrogen-bond donors (Lipinski definition) is 1. The van der Waals surface area contributed by atoms with Crippen LogP contribution in [0.25, 0.3) is 0 Å². The molecule has 134 valence electrons. The SMILES string of the molecule is O=C(CSCc1ccccc1)Nc1nnc(CCSc2ccccc2)o1. The molecule has 7 heteroatoms. The van der Waals surface area contributed by atoms with Gasteiger partial charge in [-0.2, -0.15) is 0 Å². The summed E-state index contributed by atoms with van der Waals surface area (Å²) in [5.41, 5.74) is 1.20. The molecule has 3 aromatic rings. The highest BCUT2D eigenvalue weighted by molar-refractivity contribution is 7.99. The monoisotopic (exact) mass is 385 g/mol. The van der Waals surface area contributed by atoms with E-state index in [-0.39, 0.29) is 11.9 Å². The van der Waals surface area contributed by atoms with E-state index in [1.54, 1.807) is 23.5 Å². The number of carbonyl (C=O) groups excluding carboxylic acids is 1. The molecule has 0 radical (unpaired) electrons. The fourth-order valence-corrected chi connectivity index (χ4v) is 3.82. The molecule has 1 heterocycles. The summed E-state index contributed by atoms with van der Waals surface area (Å²) in [6, 6.07) is 20.4.